The first-order valence-electron chi connectivity index (χ1n) is 8.20. The van der Waals surface area contributed by atoms with Crippen LogP contribution in [0.5, 0.6) is 0 Å². The zero-order valence-electron chi connectivity index (χ0n) is 15.3. The van der Waals surface area contributed by atoms with E-state index in [2.05, 4.69) is 10.0 Å². The number of hydrogen-bond acceptors (Lipinski definition) is 5. The normalized spacial score (nSPS) is 11.4. The van der Waals surface area contributed by atoms with Crippen molar-refractivity contribution in [2.24, 2.45) is 0 Å². The molecule has 0 spiro atoms. The van der Waals surface area contributed by atoms with Gasteiger partial charge in [-0.2, -0.15) is 11.8 Å². The minimum absolute atomic E-state index is 0.114. The fourth-order valence-corrected chi connectivity index (χ4v) is 5.14. The Hall–Kier alpha value is -0.900. The summed E-state index contributed by atoms with van der Waals surface area (Å²) in [4.78, 5) is 12.3. The number of sulfonamides is 1. The summed E-state index contributed by atoms with van der Waals surface area (Å²) in [6.45, 7) is 1.67. The van der Waals surface area contributed by atoms with Crippen molar-refractivity contribution in [2.45, 2.75) is 22.5 Å². The van der Waals surface area contributed by atoms with Crippen molar-refractivity contribution >= 4 is 68.3 Å². The van der Waals surface area contributed by atoms with Crippen LogP contribution in [0, 0.1) is 0 Å². The van der Waals surface area contributed by atoms with E-state index in [9.17, 15) is 13.2 Å². The lowest BCUT2D eigenvalue weighted by Crippen LogP contribution is -2.26. The van der Waals surface area contributed by atoms with Crippen LogP contribution in [0.15, 0.2) is 46.2 Å². The van der Waals surface area contributed by atoms with Gasteiger partial charge in [-0.05, 0) is 42.2 Å². The van der Waals surface area contributed by atoms with Gasteiger partial charge in [-0.25, -0.2) is 13.1 Å². The highest BCUT2D eigenvalue weighted by molar-refractivity contribution is 7.99. The number of halogens is 2. The molecule has 0 heterocycles. The number of carbonyl (C=O) groups excluding carboxylic acids is 1. The van der Waals surface area contributed by atoms with E-state index in [0.29, 0.717) is 27.2 Å². The van der Waals surface area contributed by atoms with Gasteiger partial charge in [0.1, 0.15) is 0 Å². The van der Waals surface area contributed by atoms with Crippen LogP contribution in [0.25, 0.3) is 0 Å². The van der Waals surface area contributed by atoms with Gasteiger partial charge in [0.15, 0.2) is 0 Å². The number of nitrogens with one attached hydrogen (secondary N) is 2. The molecule has 2 N–H and O–H groups in total. The molecule has 0 radical (unpaired) electrons. The summed E-state index contributed by atoms with van der Waals surface area (Å²) < 4.78 is 27.6. The lowest BCUT2D eigenvalue weighted by Gasteiger charge is -2.12. The first-order valence-corrected chi connectivity index (χ1v) is 12.8. The topological polar surface area (TPSA) is 75.3 Å². The summed E-state index contributed by atoms with van der Waals surface area (Å²) in [5.74, 6) is 1.05. The van der Waals surface area contributed by atoms with Crippen LogP contribution in [0.3, 0.4) is 0 Å². The summed E-state index contributed by atoms with van der Waals surface area (Å²) in [7, 11) is -3.66. The molecule has 28 heavy (non-hydrogen) atoms. The van der Waals surface area contributed by atoms with E-state index in [1.807, 2.05) is 12.3 Å². The molecule has 152 valence electrons. The van der Waals surface area contributed by atoms with Crippen molar-refractivity contribution in [1.29, 1.82) is 0 Å². The third kappa shape index (κ3) is 6.86. The van der Waals surface area contributed by atoms with Gasteiger partial charge in [0, 0.05) is 29.9 Å². The number of amides is 1. The summed E-state index contributed by atoms with van der Waals surface area (Å²) >= 11 is 14.9. The van der Waals surface area contributed by atoms with E-state index in [1.54, 1.807) is 30.0 Å². The van der Waals surface area contributed by atoms with E-state index in [0.717, 1.165) is 10.5 Å². The smallest absolute Gasteiger partial charge is 0.240 e. The molecule has 0 saturated carbocycles. The quantitative estimate of drug-likeness (QED) is 0.396. The molecule has 0 bridgehead atoms. The third-order valence-corrected chi connectivity index (χ3v) is 7.61. The lowest BCUT2D eigenvalue weighted by molar-refractivity contribution is -0.114. The van der Waals surface area contributed by atoms with E-state index in [4.69, 9.17) is 23.2 Å². The average Bonchev–Trinajstić information content (AvgIpc) is 2.63. The Labute approximate surface area is 184 Å². The molecular weight excluding hydrogens is 459 g/mol. The summed E-state index contributed by atoms with van der Waals surface area (Å²) in [5, 5.41) is 3.68. The fourth-order valence-electron chi connectivity index (χ4n) is 2.29. The molecule has 0 atom stereocenters. The standard InChI is InChI=1S/C18H20Cl2N2O3S3/c1-12(23)22-17-10-14(4-6-18(17)26-2)28(24,25)21-7-8-27-11-13-3-5-15(19)16(20)9-13/h3-6,9-10,21H,7-8,11H2,1-2H3,(H,22,23). The second-order valence-electron chi connectivity index (χ2n) is 5.74. The highest BCUT2D eigenvalue weighted by Gasteiger charge is 2.16. The summed E-state index contributed by atoms with van der Waals surface area (Å²) in [6, 6.07) is 10.1. The minimum Gasteiger partial charge on any atom is -0.325 e. The van der Waals surface area contributed by atoms with Gasteiger partial charge in [0.2, 0.25) is 15.9 Å². The van der Waals surface area contributed by atoms with E-state index in [1.165, 1.54) is 30.8 Å². The Morgan fingerprint density at radius 1 is 1.11 bits per heavy atom. The average molecular weight is 479 g/mol. The van der Waals surface area contributed by atoms with Gasteiger partial charge < -0.3 is 5.32 Å². The molecule has 1 amide bonds. The molecule has 2 aromatic carbocycles. The van der Waals surface area contributed by atoms with Crippen molar-refractivity contribution in [3.8, 4) is 0 Å². The van der Waals surface area contributed by atoms with Gasteiger partial charge in [0.05, 0.1) is 20.6 Å². The van der Waals surface area contributed by atoms with Crippen LogP contribution in [-0.4, -0.2) is 32.9 Å². The minimum atomic E-state index is -3.66. The Morgan fingerprint density at radius 3 is 2.50 bits per heavy atom. The second kappa shape index (κ2) is 10.8. The molecule has 0 aliphatic carbocycles. The van der Waals surface area contributed by atoms with Crippen LogP contribution >= 0.6 is 46.7 Å². The van der Waals surface area contributed by atoms with Crippen LogP contribution in [0.1, 0.15) is 12.5 Å². The van der Waals surface area contributed by atoms with Crippen molar-refractivity contribution in [3.05, 3.63) is 52.0 Å². The Balaban J connectivity index is 1.92. The van der Waals surface area contributed by atoms with Crippen LogP contribution in [0.2, 0.25) is 10.0 Å². The third-order valence-electron chi connectivity index (χ3n) is 3.58. The molecular formula is C18H20Cl2N2O3S3. The van der Waals surface area contributed by atoms with Gasteiger partial charge in [-0.3, -0.25) is 4.79 Å². The SMILES string of the molecule is CSc1ccc(S(=O)(=O)NCCSCc2ccc(Cl)c(Cl)c2)cc1NC(C)=O. The maximum Gasteiger partial charge on any atom is 0.240 e. The maximum absolute atomic E-state index is 12.5. The molecule has 0 aliphatic rings. The largest absolute Gasteiger partial charge is 0.325 e. The lowest BCUT2D eigenvalue weighted by atomic mass is 10.2. The molecule has 2 aromatic rings. The molecule has 5 nitrogen and oxygen atoms in total. The van der Waals surface area contributed by atoms with Crippen LogP contribution < -0.4 is 10.0 Å². The van der Waals surface area contributed by atoms with Crippen molar-refractivity contribution < 1.29 is 13.2 Å². The zero-order valence-corrected chi connectivity index (χ0v) is 19.3. The maximum atomic E-state index is 12.5. The van der Waals surface area contributed by atoms with Gasteiger partial charge >= 0.3 is 0 Å². The molecule has 0 unspecified atom stereocenters. The van der Waals surface area contributed by atoms with Crippen molar-refractivity contribution in [2.75, 3.05) is 23.9 Å². The predicted octanol–water partition coefficient (Wildman–Crippen LogP) is 4.89. The van der Waals surface area contributed by atoms with Gasteiger partial charge in [-0.15, -0.1) is 11.8 Å². The first kappa shape index (κ1) is 23.4. The van der Waals surface area contributed by atoms with Gasteiger partial charge in [0.25, 0.3) is 0 Å². The van der Waals surface area contributed by atoms with E-state index < -0.39 is 10.0 Å². The van der Waals surface area contributed by atoms with E-state index >= 15 is 0 Å². The Bertz CT molecular complexity index is 953. The fraction of sp³-hybridized carbons (Fsp3) is 0.278. The molecule has 0 aliphatic heterocycles. The number of anilines is 1. The molecule has 2 rings (SSSR count). The second-order valence-corrected chi connectivity index (χ2v) is 10.3. The molecule has 10 heteroatoms. The number of thioether (sulfide) groups is 2. The summed E-state index contributed by atoms with van der Waals surface area (Å²) in [5.41, 5.74) is 1.51. The van der Waals surface area contributed by atoms with Gasteiger partial charge in [-0.1, -0.05) is 29.3 Å². The molecule has 0 fully saturated rings. The van der Waals surface area contributed by atoms with Crippen LogP contribution in [0.4, 0.5) is 5.69 Å². The summed E-state index contributed by atoms with van der Waals surface area (Å²) in [6.07, 6.45) is 1.86. The van der Waals surface area contributed by atoms with Crippen molar-refractivity contribution in [1.82, 2.24) is 4.72 Å². The first-order chi connectivity index (χ1) is 13.2. The number of hydrogen-bond donors (Lipinski definition) is 2. The van der Waals surface area contributed by atoms with Crippen LogP contribution in [-0.2, 0) is 20.6 Å². The number of benzene rings is 2. The number of rotatable bonds is 9. The Morgan fingerprint density at radius 2 is 1.86 bits per heavy atom. The monoisotopic (exact) mass is 478 g/mol. The number of carbonyl (C=O) groups is 1. The zero-order chi connectivity index (χ0) is 20.7. The highest BCUT2D eigenvalue weighted by Crippen LogP contribution is 2.28. The highest BCUT2D eigenvalue weighted by atomic mass is 35.5. The Kier molecular flexibility index (Phi) is 8.98. The predicted molar refractivity (Wildman–Crippen MR) is 120 cm³/mol. The van der Waals surface area contributed by atoms with E-state index in [-0.39, 0.29) is 17.3 Å². The van der Waals surface area contributed by atoms with Crippen molar-refractivity contribution in [3.63, 3.8) is 0 Å². The molecule has 0 aromatic heterocycles. The molecule has 0 saturated heterocycles.